The highest BCUT2D eigenvalue weighted by atomic mass is 31.2. The molecule has 0 saturated carbocycles. The van der Waals surface area contributed by atoms with Gasteiger partial charge in [-0.2, -0.15) is 0 Å². The lowest BCUT2D eigenvalue weighted by Crippen LogP contribution is -2.28. The Bertz CT molecular complexity index is 386. The Labute approximate surface area is 97.4 Å². The maximum Gasteiger partial charge on any atom is 0.109 e. The summed E-state index contributed by atoms with van der Waals surface area (Å²) in [7, 11) is -0.534. The van der Waals surface area contributed by atoms with Crippen LogP contribution in [0.3, 0.4) is 0 Å². The molecule has 1 unspecified atom stereocenters. The van der Waals surface area contributed by atoms with Crippen molar-refractivity contribution in [2.24, 2.45) is 5.73 Å². The first-order valence-electron chi connectivity index (χ1n) is 5.32. The molecule has 1 aromatic carbocycles. The van der Waals surface area contributed by atoms with Crippen LogP contribution < -0.4 is 11.0 Å². The second-order valence-corrected chi connectivity index (χ2v) is 7.66. The van der Waals surface area contributed by atoms with Gasteiger partial charge in [0.25, 0.3) is 0 Å². The van der Waals surface area contributed by atoms with Gasteiger partial charge in [0.1, 0.15) is 7.14 Å². The summed E-state index contributed by atoms with van der Waals surface area (Å²) in [6.07, 6.45) is 0.752. The van der Waals surface area contributed by atoms with E-state index in [-0.39, 0.29) is 6.04 Å². The maximum absolute atomic E-state index is 11.9. The van der Waals surface area contributed by atoms with Crippen LogP contribution in [0.5, 0.6) is 0 Å². The summed E-state index contributed by atoms with van der Waals surface area (Å²) in [6, 6.07) is 7.83. The van der Waals surface area contributed by atoms with Crippen molar-refractivity contribution in [3.8, 4) is 0 Å². The van der Waals surface area contributed by atoms with E-state index in [2.05, 4.69) is 0 Å². The molecular weight excluding hydrogens is 221 g/mol. The lowest BCUT2D eigenvalue weighted by molar-refractivity contribution is 0.180. The first-order chi connectivity index (χ1) is 7.43. The van der Waals surface area contributed by atoms with E-state index in [1.54, 1.807) is 20.4 Å². The van der Waals surface area contributed by atoms with E-state index in [0.717, 1.165) is 17.3 Å². The zero-order valence-electron chi connectivity index (χ0n) is 10.1. The van der Waals surface area contributed by atoms with Crippen molar-refractivity contribution in [3.63, 3.8) is 0 Å². The predicted molar refractivity (Wildman–Crippen MR) is 69.1 cm³/mol. The molecule has 0 aliphatic carbocycles. The average molecular weight is 241 g/mol. The van der Waals surface area contributed by atoms with Gasteiger partial charge in [-0.3, -0.25) is 0 Å². The zero-order valence-corrected chi connectivity index (χ0v) is 11.0. The van der Waals surface area contributed by atoms with Crippen LogP contribution >= 0.6 is 7.14 Å². The molecule has 0 fully saturated rings. The number of nitrogens with two attached hydrogens (primary N) is 1. The summed E-state index contributed by atoms with van der Waals surface area (Å²) >= 11 is 0. The normalized spacial score (nSPS) is 13.8. The van der Waals surface area contributed by atoms with Crippen molar-refractivity contribution in [3.05, 3.63) is 29.8 Å². The SMILES string of the molecule is COCC(N)Cc1cccc(P(C)(C)=O)c1. The first-order valence-corrected chi connectivity index (χ1v) is 7.92. The van der Waals surface area contributed by atoms with Crippen LogP contribution in [-0.2, 0) is 15.7 Å². The van der Waals surface area contributed by atoms with Gasteiger partial charge in [0.15, 0.2) is 0 Å². The summed E-state index contributed by atoms with van der Waals surface area (Å²) in [4.78, 5) is 0. The van der Waals surface area contributed by atoms with Crippen molar-refractivity contribution < 1.29 is 9.30 Å². The van der Waals surface area contributed by atoms with E-state index in [0.29, 0.717) is 6.61 Å². The van der Waals surface area contributed by atoms with E-state index in [9.17, 15) is 4.57 Å². The first kappa shape index (κ1) is 13.4. The second kappa shape index (κ2) is 5.62. The largest absolute Gasteiger partial charge is 0.383 e. The maximum atomic E-state index is 11.9. The third kappa shape index (κ3) is 4.09. The molecule has 0 spiro atoms. The quantitative estimate of drug-likeness (QED) is 0.794. The van der Waals surface area contributed by atoms with Crippen LogP contribution in [0.2, 0.25) is 0 Å². The Morgan fingerprint density at radius 2 is 2.12 bits per heavy atom. The lowest BCUT2D eigenvalue weighted by Gasteiger charge is -2.12. The highest BCUT2D eigenvalue weighted by molar-refractivity contribution is 7.70. The number of methoxy groups -OCH3 is 1. The smallest absolute Gasteiger partial charge is 0.109 e. The number of rotatable bonds is 5. The number of hydrogen-bond acceptors (Lipinski definition) is 3. The molecule has 16 heavy (non-hydrogen) atoms. The molecule has 0 aromatic heterocycles. The van der Waals surface area contributed by atoms with E-state index in [1.165, 1.54) is 0 Å². The number of hydrogen-bond donors (Lipinski definition) is 1. The van der Waals surface area contributed by atoms with Crippen LogP contribution in [0.25, 0.3) is 0 Å². The fraction of sp³-hybridized carbons (Fsp3) is 0.500. The van der Waals surface area contributed by atoms with Crippen molar-refractivity contribution >= 4 is 12.4 Å². The minimum atomic E-state index is -2.18. The zero-order chi connectivity index (χ0) is 12.2. The van der Waals surface area contributed by atoms with Gasteiger partial charge in [0.05, 0.1) is 6.61 Å². The summed E-state index contributed by atoms with van der Waals surface area (Å²) < 4.78 is 16.9. The van der Waals surface area contributed by atoms with Crippen LogP contribution in [0.4, 0.5) is 0 Å². The molecule has 1 rings (SSSR count). The summed E-state index contributed by atoms with van der Waals surface area (Å²) in [6.45, 7) is 4.10. The Morgan fingerprint density at radius 3 is 2.69 bits per heavy atom. The monoisotopic (exact) mass is 241 g/mol. The van der Waals surface area contributed by atoms with Gasteiger partial charge in [-0.15, -0.1) is 0 Å². The Hall–Kier alpha value is -0.630. The molecule has 0 bridgehead atoms. The van der Waals surface area contributed by atoms with Crippen molar-refractivity contribution in [1.82, 2.24) is 0 Å². The molecule has 0 amide bonds. The van der Waals surface area contributed by atoms with Gasteiger partial charge in [-0.05, 0) is 31.4 Å². The minimum absolute atomic E-state index is 0.00616. The van der Waals surface area contributed by atoms with E-state index in [4.69, 9.17) is 10.5 Å². The lowest BCUT2D eigenvalue weighted by atomic mass is 10.1. The van der Waals surface area contributed by atoms with Crippen molar-refractivity contribution in [2.45, 2.75) is 12.5 Å². The van der Waals surface area contributed by atoms with Gasteiger partial charge in [-0.1, -0.05) is 18.2 Å². The highest BCUT2D eigenvalue weighted by Crippen LogP contribution is 2.34. The molecule has 0 saturated heterocycles. The standard InChI is InChI=1S/C12H20NO2P/c1-15-9-11(13)7-10-5-4-6-12(8-10)16(2,3)14/h4-6,8,11H,7,9,13H2,1-3H3. The third-order valence-corrected chi connectivity index (χ3v) is 3.93. The van der Waals surface area contributed by atoms with Gasteiger partial charge in [0, 0.05) is 18.5 Å². The molecule has 0 aliphatic heterocycles. The van der Waals surface area contributed by atoms with Crippen molar-refractivity contribution in [2.75, 3.05) is 27.0 Å². The molecule has 0 aliphatic rings. The molecule has 1 aromatic rings. The van der Waals surface area contributed by atoms with Crippen molar-refractivity contribution in [1.29, 1.82) is 0 Å². The molecule has 3 nitrogen and oxygen atoms in total. The predicted octanol–water partition coefficient (Wildman–Crippen LogP) is 1.45. The Morgan fingerprint density at radius 1 is 1.44 bits per heavy atom. The fourth-order valence-corrected chi connectivity index (χ4v) is 2.52. The third-order valence-electron chi connectivity index (χ3n) is 2.41. The molecule has 1 atom stereocenters. The minimum Gasteiger partial charge on any atom is -0.383 e. The van der Waals surface area contributed by atoms with Gasteiger partial charge < -0.3 is 15.0 Å². The number of ether oxygens (including phenoxy) is 1. The van der Waals surface area contributed by atoms with Crippen LogP contribution in [0, 0.1) is 0 Å². The van der Waals surface area contributed by atoms with E-state index in [1.807, 2.05) is 24.3 Å². The summed E-state index contributed by atoms with van der Waals surface area (Å²) in [5, 5.41) is 0.912. The number of benzene rings is 1. The van der Waals surface area contributed by atoms with Crippen LogP contribution in [0.1, 0.15) is 5.56 Å². The van der Waals surface area contributed by atoms with Crippen LogP contribution in [0.15, 0.2) is 24.3 Å². The summed E-state index contributed by atoms with van der Waals surface area (Å²) in [5.74, 6) is 0. The molecule has 90 valence electrons. The highest BCUT2D eigenvalue weighted by Gasteiger charge is 2.12. The fourth-order valence-electron chi connectivity index (χ4n) is 1.59. The molecule has 2 N–H and O–H groups in total. The molecular formula is C12H20NO2P. The van der Waals surface area contributed by atoms with Gasteiger partial charge >= 0.3 is 0 Å². The average Bonchev–Trinajstić information content (AvgIpc) is 2.17. The van der Waals surface area contributed by atoms with E-state index < -0.39 is 7.14 Å². The second-order valence-electron chi connectivity index (χ2n) is 4.44. The topological polar surface area (TPSA) is 52.3 Å². The Balaban J connectivity index is 2.79. The van der Waals surface area contributed by atoms with E-state index >= 15 is 0 Å². The van der Waals surface area contributed by atoms with Gasteiger partial charge in [-0.25, -0.2) is 0 Å². The summed E-state index contributed by atoms with van der Waals surface area (Å²) in [5.41, 5.74) is 7.00. The molecule has 0 heterocycles. The van der Waals surface area contributed by atoms with Crippen LogP contribution in [-0.4, -0.2) is 33.1 Å². The molecule has 0 radical (unpaired) electrons. The molecule has 4 heteroatoms. The Kier molecular flexibility index (Phi) is 4.72. The van der Waals surface area contributed by atoms with Gasteiger partial charge in [0.2, 0.25) is 0 Å².